The zero-order chi connectivity index (χ0) is 14.5. The van der Waals surface area contributed by atoms with Crippen LogP contribution in [0.2, 0.25) is 0 Å². The molecule has 5 nitrogen and oxygen atoms in total. The van der Waals surface area contributed by atoms with Crippen LogP contribution in [0.3, 0.4) is 0 Å². The fraction of sp³-hybridized carbons (Fsp3) is 0.429. The molecule has 1 aromatic rings. The molecule has 2 atom stereocenters. The van der Waals surface area contributed by atoms with Gasteiger partial charge in [-0.15, -0.1) is 11.8 Å². The Kier molecular flexibility index (Phi) is 4.89. The smallest absolute Gasteiger partial charge is 0.411 e. The lowest BCUT2D eigenvalue weighted by Gasteiger charge is -2.27. The van der Waals surface area contributed by atoms with Crippen LogP contribution in [-0.2, 0) is 14.3 Å². The molecular weight excluding hydrogens is 278 g/mol. The zero-order valence-electron chi connectivity index (χ0n) is 11.4. The summed E-state index contributed by atoms with van der Waals surface area (Å²) in [6, 6.07) is 9.22. The Morgan fingerprint density at radius 3 is 2.45 bits per heavy atom. The van der Waals surface area contributed by atoms with Gasteiger partial charge in [0.2, 0.25) is 0 Å². The minimum absolute atomic E-state index is 0.117. The Morgan fingerprint density at radius 1 is 1.15 bits per heavy atom. The molecule has 1 fully saturated rings. The predicted octanol–water partition coefficient (Wildman–Crippen LogP) is 2.51. The number of methoxy groups -OCH3 is 2. The van der Waals surface area contributed by atoms with E-state index in [0.29, 0.717) is 6.42 Å². The van der Waals surface area contributed by atoms with Gasteiger partial charge in [0.25, 0.3) is 0 Å². The van der Waals surface area contributed by atoms with Crippen molar-refractivity contribution < 1.29 is 19.1 Å². The first-order chi connectivity index (χ1) is 9.67. The number of carbonyl (C=O) groups excluding carboxylic acids is 2. The second kappa shape index (κ2) is 6.65. The summed E-state index contributed by atoms with van der Waals surface area (Å²) in [4.78, 5) is 26.2. The Hall–Kier alpha value is -1.69. The number of amides is 1. The van der Waals surface area contributed by atoms with Crippen molar-refractivity contribution in [3.63, 3.8) is 0 Å². The number of thioether (sulfide) groups is 1. The molecule has 0 aliphatic carbocycles. The SMILES string of the molecule is COC(=O)[C@@H]1CC[C@H](Sc2ccccc2)N1C(=O)OC. The van der Waals surface area contributed by atoms with Crippen LogP contribution in [0.5, 0.6) is 0 Å². The van der Waals surface area contributed by atoms with Gasteiger partial charge in [-0.25, -0.2) is 9.59 Å². The molecule has 0 spiro atoms. The molecule has 108 valence electrons. The Balaban J connectivity index is 2.15. The van der Waals surface area contributed by atoms with E-state index in [0.717, 1.165) is 11.3 Å². The second-order valence-electron chi connectivity index (χ2n) is 4.38. The van der Waals surface area contributed by atoms with Gasteiger partial charge in [-0.05, 0) is 25.0 Å². The number of hydrogen-bond acceptors (Lipinski definition) is 5. The van der Waals surface area contributed by atoms with Crippen LogP contribution in [0.1, 0.15) is 12.8 Å². The van der Waals surface area contributed by atoms with Gasteiger partial charge in [-0.1, -0.05) is 18.2 Å². The maximum atomic E-state index is 11.9. The summed E-state index contributed by atoms with van der Waals surface area (Å²) in [5.74, 6) is -0.397. The lowest BCUT2D eigenvalue weighted by Crippen LogP contribution is -2.44. The molecule has 1 aliphatic heterocycles. The third kappa shape index (κ3) is 3.07. The first-order valence-electron chi connectivity index (χ1n) is 6.33. The molecule has 1 heterocycles. The van der Waals surface area contributed by atoms with E-state index in [1.807, 2.05) is 30.3 Å². The fourth-order valence-corrected chi connectivity index (χ4v) is 3.50. The minimum Gasteiger partial charge on any atom is -0.467 e. The highest BCUT2D eigenvalue weighted by Gasteiger charge is 2.42. The maximum Gasteiger partial charge on any atom is 0.411 e. The highest BCUT2D eigenvalue weighted by molar-refractivity contribution is 7.99. The van der Waals surface area contributed by atoms with Crippen LogP contribution in [0, 0.1) is 0 Å². The molecule has 20 heavy (non-hydrogen) atoms. The van der Waals surface area contributed by atoms with E-state index in [9.17, 15) is 9.59 Å². The number of ether oxygens (including phenoxy) is 2. The van der Waals surface area contributed by atoms with Crippen LogP contribution >= 0.6 is 11.8 Å². The van der Waals surface area contributed by atoms with Crippen LogP contribution < -0.4 is 0 Å². The van der Waals surface area contributed by atoms with Gasteiger partial charge >= 0.3 is 12.1 Å². The molecule has 0 bridgehead atoms. The van der Waals surface area contributed by atoms with E-state index in [1.165, 1.54) is 19.1 Å². The molecule has 0 aromatic heterocycles. The van der Waals surface area contributed by atoms with Crippen molar-refractivity contribution in [3.8, 4) is 0 Å². The number of esters is 1. The molecule has 0 N–H and O–H groups in total. The van der Waals surface area contributed by atoms with Crippen LogP contribution in [0.25, 0.3) is 0 Å². The topological polar surface area (TPSA) is 55.8 Å². The van der Waals surface area contributed by atoms with Gasteiger partial charge in [0.15, 0.2) is 0 Å². The molecule has 0 saturated carbocycles. The molecule has 1 amide bonds. The number of nitrogens with zero attached hydrogens (tertiary/aromatic N) is 1. The highest BCUT2D eigenvalue weighted by Crippen LogP contribution is 2.36. The highest BCUT2D eigenvalue weighted by atomic mass is 32.2. The quantitative estimate of drug-likeness (QED) is 0.802. The van der Waals surface area contributed by atoms with Crippen LogP contribution in [0.15, 0.2) is 35.2 Å². The maximum absolute atomic E-state index is 11.9. The summed E-state index contributed by atoms with van der Waals surface area (Å²) in [6.45, 7) is 0. The molecule has 0 unspecified atom stereocenters. The molecule has 1 saturated heterocycles. The van der Waals surface area contributed by atoms with Crippen LogP contribution in [0.4, 0.5) is 4.79 Å². The summed E-state index contributed by atoms with van der Waals surface area (Å²) in [5, 5.41) is -0.117. The number of hydrogen-bond donors (Lipinski definition) is 0. The molecular formula is C14H17NO4S. The summed E-state index contributed by atoms with van der Waals surface area (Å²) in [7, 11) is 2.65. The molecule has 1 aliphatic rings. The van der Waals surface area contributed by atoms with E-state index in [2.05, 4.69) is 0 Å². The van der Waals surface area contributed by atoms with Crippen molar-refractivity contribution in [2.24, 2.45) is 0 Å². The number of rotatable bonds is 3. The van der Waals surface area contributed by atoms with E-state index in [4.69, 9.17) is 9.47 Å². The number of benzene rings is 1. The van der Waals surface area contributed by atoms with Gasteiger partial charge in [-0.2, -0.15) is 0 Å². The van der Waals surface area contributed by atoms with Crippen molar-refractivity contribution in [2.45, 2.75) is 29.2 Å². The average Bonchev–Trinajstić information content (AvgIpc) is 2.90. The normalized spacial score (nSPS) is 21.6. The van der Waals surface area contributed by atoms with Gasteiger partial charge in [0, 0.05) is 4.90 Å². The summed E-state index contributed by atoms with van der Waals surface area (Å²) in [6.07, 6.45) is 0.826. The van der Waals surface area contributed by atoms with Gasteiger partial charge < -0.3 is 9.47 Å². The molecule has 2 rings (SSSR count). The minimum atomic E-state index is -0.561. The number of likely N-dealkylation sites (tertiary alicyclic amines) is 1. The van der Waals surface area contributed by atoms with E-state index in [1.54, 1.807) is 11.8 Å². The van der Waals surface area contributed by atoms with Crippen molar-refractivity contribution in [1.82, 2.24) is 4.90 Å². The van der Waals surface area contributed by atoms with E-state index >= 15 is 0 Å². The second-order valence-corrected chi connectivity index (χ2v) is 5.63. The molecule has 1 aromatic carbocycles. The monoisotopic (exact) mass is 295 g/mol. The Morgan fingerprint density at radius 2 is 1.85 bits per heavy atom. The number of carbonyl (C=O) groups is 2. The zero-order valence-corrected chi connectivity index (χ0v) is 12.3. The van der Waals surface area contributed by atoms with Gasteiger partial charge in [-0.3, -0.25) is 4.90 Å². The van der Waals surface area contributed by atoms with Crippen molar-refractivity contribution >= 4 is 23.8 Å². The van der Waals surface area contributed by atoms with Gasteiger partial charge in [0.1, 0.15) is 6.04 Å². The fourth-order valence-electron chi connectivity index (χ4n) is 2.27. The van der Waals surface area contributed by atoms with Crippen molar-refractivity contribution in [1.29, 1.82) is 0 Å². The first kappa shape index (κ1) is 14.7. The Labute approximate surface area is 122 Å². The first-order valence-corrected chi connectivity index (χ1v) is 7.21. The summed E-state index contributed by atoms with van der Waals surface area (Å²) < 4.78 is 9.55. The lowest BCUT2D eigenvalue weighted by atomic mass is 10.2. The van der Waals surface area contributed by atoms with Crippen molar-refractivity contribution in [2.75, 3.05) is 14.2 Å². The van der Waals surface area contributed by atoms with Crippen molar-refractivity contribution in [3.05, 3.63) is 30.3 Å². The van der Waals surface area contributed by atoms with Gasteiger partial charge in [0.05, 0.1) is 19.6 Å². The van der Waals surface area contributed by atoms with E-state index < -0.39 is 18.1 Å². The molecule has 0 radical (unpaired) electrons. The Bertz CT molecular complexity index is 479. The summed E-state index contributed by atoms with van der Waals surface area (Å²) in [5.41, 5.74) is 0. The third-order valence-corrected chi connectivity index (χ3v) is 4.49. The van der Waals surface area contributed by atoms with Crippen LogP contribution in [-0.4, -0.2) is 42.6 Å². The predicted molar refractivity (Wildman–Crippen MR) is 75.4 cm³/mol. The lowest BCUT2D eigenvalue weighted by molar-refractivity contribution is -0.145. The standard InChI is InChI=1S/C14H17NO4S/c1-18-13(16)11-8-9-12(15(11)14(17)19-2)20-10-6-4-3-5-7-10/h3-7,11-12H,8-9H2,1-2H3/t11-,12-/m0/s1. The molecule has 6 heteroatoms. The third-order valence-electron chi connectivity index (χ3n) is 3.21. The van der Waals surface area contributed by atoms with E-state index in [-0.39, 0.29) is 5.37 Å². The average molecular weight is 295 g/mol. The summed E-state index contributed by atoms with van der Waals surface area (Å²) >= 11 is 1.55. The largest absolute Gasteiger partial charge is 0.467 e.